The number of amides is 1. The molecule has 3 aromatic carbocycles. The van der Waals surface area contributed by atoms with Gasteiger partial charge in [0.25, 0.3) is 11.5 Å². The molecule has 3 aromatic heterocycles. The number of hydrogen-bond acceptors (Lipinski definition) is 8. The second-order valence-corrected chi connectivity index (χ2v) is 13.8. The van der Waals surface area contributed by atoms with Gasteiger partial charge in [-0.3, -0.25) is 9.59 Å². The van der Waals surface area contributed by atoms with Crippen molar-refractivity contribution in [3.63, 3.8) is 0 Å². The van der Waals surface area contributed by atoms with Crippen LogP contribution in [0.15, 0.2) is 111 Å². The number of hydrogen-bond donors (Lipinski definition) is 0. The van der Waals surface area contributed by atoms with Crippen LogP contribution in [0.2, 0.25) is 0 Å². The smallest absolute Gasteiger partial charge is 0.272 e. The molecule has 0 unspecified atom stereocenters. The SMILES string of the molecule is CC(C)(C)c1ccc(-c2nn3c(SCC(=O)N4N=C(c5ccccc5)C[C@H]4c4cccs4)nc4ccccc4c3nc2=O)cc1. The third-order valence-electron chi connectivity index (χ3n) is 7.85. The monoisotopic (exact) mass is 630 g/mol. The maximum absolute atomic E-state index is 13.8. The van der Waals surface area contributed by atoms with Gasteiger partial charge in [0.05, 0.1) is 23.0 Å². The van der Waals surface area contributed by atoms with Gasteiger partial charge >= 0.3 is 0 Å². The molecule has 0 spiro atoms. The molecule has 6 aromatic rings. The van der Waals surface area contributed by atoms with E-state index in [4.69, 9.17) is 15.2 Å². The highest BCUT2D eigenvalue weighted by atomic mass is 32.2. The number of fused-ring (bicyclic) bond motifs is 3. The van der Waals surface area contributed by atoms with Crippen molar-refractivity contribution in [1.82, 2.24) is 24.6 Å². The van der Waals surface area contributed by atoms with Crippen LogP contribution in [-0.2, 0) is 10.2 Å². The standard InChI is InChI=1S/C35H30N6O2S2/c1-35(2,3)24-17-15-23(16-18-24)31-33(43)37-32-25-12-7-8-13-26(25)36-34(41(32)39-31)45-21-30(42)40-28(29-14-9-19-44-29)20-27(38-40)22-10-5-4-6-11-22/h4-19,28H,20-21H2,1-3H3/t28-/m0/s1. The fraction of sp³-hybridized carbons (Fsp3) is 0.200. The number of rotatable bonds is 6. The first-order chi connectivity index (χ1) is 21.8. The van der Waals surface area contributed by atoms with Crippen molar-refractivity contribution >= 4 is 51.3 Å². The Morgan fingerprint density at radius 3 is 2.40 bits per heavy atom. The molecule has 1 amide bonds. The largest absolute Gasteiger partial charge is 0.300 e. The summed E-state index contributed by atoms with van der Waals surface area (Å²) in [4.78, 5) is 37.6. The van der Waals surface area contributed by atoms with Gasteiger partial charge in [-0.1, -0.05) is 105 Å². The van der Waals surface area contributed by atoms with Crippen LogP contribution in [0.4, 0.5) is 0 Å². The van der Waals surface area contributed by atoms with E-state index in [0.717, 1.165) is 21.7 Å². The molecule has 45 heavy (non-hydrogen) atoms. The molecule has 0 fully saturated rings. The Bertz CT molecular complexity index is 2120. The predicted octanol–water partition coefficient (Wildman–Crippen LogP) is 7.13. The zero-order chi connectivity index (χ0) is 31.1. The van der Waals surface area contributed by atoms with Crippen molar-refractivity contribution < 1.29 is 4.79 Å². The van der Waals surface area contributed by atoms with Gasteiger partial charge in [0.2, 0.25) is 0 Å². The fourth-order valence-electron chi connectivity index (χ4n) is 5.45. The number of hydrazone groups is 1. The van der Waals surface area contributed by atoms with Gasteiger partial charge in [0.1, 0.15) is 0 Å². The molecular weight excluding hydrogens is 601 g/mol. The van der Waals surface area contributed by atoms with Gasteiger partial charge in [-0.05, 0) is 40.1 Å². The topological polar surface area (TPSA) is 92.8 Å². The lowest BCUT2D eigenvalue weighted by Crippen LogP contribution is -2.28. The van der Waals surface area contributed by atoms with Crippen molar-refractivity contribution in [2.45, 2.75) is 43.8 Å². The number of carbonyl (C=O) groups excluding carboxylic acids is 1. The lowest BCUT2D eigenvalue weighted by atomic mass is 9.86. The summed E-state index contributed by atoms with van der Waals surface area (Å²) in [6.07, 6.45) is 0.641. The summed E-state index contributed by atoms with van der Waals surface area (Å²) < 4.78 is 1.59. The van der Waals surface area contributed by atoms with Gasteiger partial charge in [0, 0.05) is 22.2 Å². The van der Waals surface area contributed by atoms with E-state index in [1.165, 1.54) is 11.8 Å². The number of carbonyl (C=O) groups is 1. The summed E-state index contributed by atoms with van der Waals surface area (Å²) in [5.41, 5.74) is 4.58. The summed E-state index contributed by atoms with van der Waals surface area (Å²) in [5, 5.41) is 14.4. The van der Waals surface area contributed by atoms with E-state index in [1.54, 1.807) is 20.9 Å². The molecule has 224 valence electrons. The molecule has 1 aliphatic heterocycles. The number of thioether (sulfide) groups is 1. The molecule has 1 atom stereocenters. The second kappa shape index (κ2) is 11.7. The first-order valence-electron chi connectivity index (χ1n) is 14.7. The maximum Gasteiger partial charge on any atom is 0.300 e. The van der Waals surface area contributed by atoms with Crippen LogP contribution in [0.3, 0.4) is 0 Å². The minimum absolute atomic E-state index is 0.0222. The van der Waals surface area contributed by atoms with Crippen LogP contribution in [-0.4, -0.2) is 42.0 Å². The van der Waals surface area contributed by atoms with Crippen molar-refractivity contribution in [3.05, 3.63) is 123 Å². The number of nitrogens with zero attached hydrogens (tertiary/aromatic N) is 6. The van der Waals surface area contributed by atoms with Gasteiger partial charge in [0.15, 0.2) is 16.5 Å². The lowest BCUT2D eigenvalue weighted by Gasteiger charge is -2.20. The summed E-state index contributed by atoms with van der Waals surface area (Å²) in [5.74, 6) is -0.0588. The summed E-state index contributed by atoms with van der Waals surface area (Å²) in [6.45, 7) is 6.44. The quantitative estimate of drug-likeness (QED) is 0.110. The van der Waals surface area contributed by atoms with Crippen LogP contribution in [0, 0.1) is 0 Å². The third-order valence-corrected chi connectivity index (χ3v) is 9.73. The van der Waals surface area contributed by atoms with Gasteiger partial charge in [-0.2, -0.15) is 19.7 Å². The van der Waals surface area contributed by atoms with E-state index in [-0.39, 0.29) is 28.8 Å². The third kappa shape index (κ3) is 5.67. The number of thiophene rings is 1. The minimum atomic E-state index is -0.416. The first kappa shape index (κ1) is 29.1. The summed E-state index contributed by atoms with van der Waals surface area (Å²) in [7, 11) is 0. The summed E-state index contributed by atoms with van der Waals surface area (Å²) in [6, 6.07) is 29.2. The molecule has 8 nitrogen and oxygen atoms in total. The highest BCUT2D eigenvalue weighted by Gasteiger charge is 2.34. The number of aromatic nitrogens is 4. The number of benzene rings is 3. The van der Waals surface area contributed by atoms with E-state index in [2.05, 4.69) is 25.8 Å². The van der Waals surface area contributed by atoms with E-state index in [1.807, 2.05) is 96.4 Å². The molecule has 0 saturated heterocycles. The van der Waals surface area contributed by atoms with Crippen LogP contribution in [0.25, 0.3) is 27.8 Å². The number of para-hydroxylation sites is 1. The van der Waals surface area contributed by atoms with Crippen LogP contribution < -0.4 is 5.56 Å². The highest BCUT2D eigenvalue weighted by Crippen LogP contribution is 2.36. The molecule has 1 aliphatic rings. The second-order valence-electron chi connectivity index (χ2n) is 11.9. The molecular formula is C35H30N6O2S2. The average Bonchev–Trinajstić information content (AvgIpc) is 3.74. The van der Waals surface area contributed by atoms with Crippen LogP contribution in [0.5, 0.6) is 0 Å². The maximum atomic E-state index is 13.8. The van der Waals surface area contributed by atoms with Gasteiger partial charge in [-0.25, -0.2) is 9.99 Å². The van der Waals surface area contributed by atoms with E-state index in [0.29, 0.717) is 33.7 Å². The molecule has 0 N–H and O–H groups in total. The highest BCUT2D eigenvalue weighted by molar-refractivity contribution is 7.99. The van der Waals surface area contributed by atoms with Crippen molar-refractivity contribution in [3.8, 4) is 11.3 Å². The van der Waals surface area contributed by atoms with Gasteiger partial charge < -0.3 is 0 Å². The molecule has 10 heteroatoms. The zero-order valence-electron chi connectivity index (χ0n) is 25.0. The summed E-state index contributed by atoms with van der Waals surface area (Å²) >= 11 is 2.88. The average molecular weight is 631 g/mol. The van der Waals surface area contributed by atoms with Crippen molar-refractivity contribution in [2.75, 3.05) is 5.75 Å². The van der Waals surface area contributed by atoms with E-state index >= 15 is 0 Å². The molecule has 0 bridgehead atoms. The van der Waals surface area contributed by atoms with Crippen LogP contribution in [0.1, 0.15) is 49.2 Å². The van der Waals surface area contributed by atoms with Gasteiger partial charge in [-0.15, -0.1) is 11.3 Å². The molecule has 0 saturated carbocycles. The fourth-order valence-corrected chi connectivity index (χ4v) is 7.06. The zero-order valence-corrected chi connectivity index (χ0v) is 26.7. The lowest BCUT2D eigenvalue weighted by molar-refractivity contribution is -0.130. The first-order valence-corrected chi connectivity index (χ1v) is 16.5. The van der Waals surface area contributed by atoms with Crippen molar-refractivity contribution in [1.29, 1.82) is 0 Å². The molecule has 4 heterocycles. The van der Waals surface area contributed by atoms with E-state index in [9.17, 15) is 9.59 Å². The molecule has 0 aliphatic carbocycles. The Hall–Kier alpha value is -4.67. The molecule has 0 radical (unpaired) electrons. The Morgan fingerprint density at radius 1 is 0.911 bits per heavy atom. The van der Waals surface area contributed by atoms with Crippen molar-refractivity contribution in [2.24, 2.45) is 5.10 Å². The Balaban J connectivity index is 1.25. The minimum Gasteiger partial charge on any atom is -0.272 e. The Labute approximate surface area is 268 Å². The predicted molar refractivity (Wildman–Crippen MR) is 181 cm³/mol. The normalized spacial score (nSPS) is 15.1. The van der Waals surface area contributed by atoms with E-state index < -0.39 is 5.56 Å². The Morgan fingerprint density at radius 2 is 1.67 bits per heavy atom. The van der Waals surface area contributed by atoms with Crippen LogP contribution >= 0.6 is 23.1 Å². The molecule has 7 rings (SSSR count). The Kier molecular flexibility index (Phi) is 7.55.